The number of carbonyl (C=O) groups is 1. The van der Waals surface area contributed by atoms with Gasteiger partial charge in [0.2, 0.25) is 0 Å². The van der Waals surface area contributed by atoms with Crippen molar-refractivity contribution in [3.63, 3.8) is 0 Å². The molecule has 0 saturated heterocycles. The molecule has 2 aromatic heterocycles. The third-order valence-corrected chi connectivity index (χ3v) is 5.42. The molecule has 152 valence electrons. The number of nitrogens with one attached hydrogen (secondary N) is 1. The summed E-state index contributed by atoms with van der Waals surface area (Å²) in [6, 6.07) is 14.7. The van der Waals surface area contributed by atoms with Gasteiger partial charge < -0.3 is 10.1 Å². The molecule has 0 fully saturated rings. The van der Waals surface area contributed by atoms with Crippen LogP contribution in [0.2, 0.25) is 5.02 Å². The van der Waals surface area contributed by atoms with Crippen LogP contribution >= 0.6 is 11.6 Å². The fourth-order valence-electron chi connectivity index (χ4n) is 3.52. The molecule has 0 saturated carbocycles. The van der Waals surface area contributed by atoms with E-state index in [2.05, 4.69) is 15.4 Å². The summed E-state index contributed by atoms with van der Waals surface area (Å²) < 4.78 is 7.10. The molecule has 0 atom stereocenters. The fraction of sp³-hybridized carbons (Fsp3) is 0.174. The van der Waals surface area contributed by atoms with Crippen molar-refractivity contribution >= 4 is 34.2 Å². The van der Waals surface area contributed by atoms with Gasteiger partial charge in [0.05, 0.1) is 35.1 Å². The molecule has 0 aliphatic rings. The average Bonchev–Trinajstić information content (AvgIpc) is 3.05. The van der Waals surface area contributed by atoms with Crippen molar-refractivity contribution in [2.24, 2.45) is 0 Å². The summed E-state index contributed by atoms with van der Waals surface area (Å²) in [5, 5.41) is 8.97. The third kappa shape index (κ3) is 3.39. The van der Waals surface area contributed by atoms with Gasteiger partial charge in [-0.2, -0.15) is 5.10 Å². The minimum Gasteiger partial charge on any atom is -0.495 e. The smallest absolute Gasteiger partial charge is 0.256 e. The number of methoxy groups -OCH3 is 1. The van der Waals surface area contributed by atoms with E-state index < -0.39 is 0 Å². The van der Waals surface area contributed by atoms with Gasteiger partial charge in [-0.3, -0.25) is 4.79 Å². The highest BCUT2D eigenvalue weighted by Gasteiger charge is 2.21. The van der Waals surface area contributed by atoms with Crippen LogP contribution in [0.1, 0.15) is 27.3 Å². The second kappa shape index (κ2) is 7.80. The zero-order valence-electron chi connectivity index (χ0n) is 17.2. The van der Waals surface area contributed by atoms with E-state index in [1.807, 2.05) is 51.1 Å². The van der Waals surface area contributed by atoms with E-state index in [9.17, 15) is 4.79 Å². The number of pyridine rings is 1. The summed E-state index contributed by atoms with van der Waals surface area (Å²) in [5.41, 5.74) is 4.87. The molecule has 0 bridgehead atoms. The van der Waals surface area contributed by atoms with Gasteiger partial charge in [-0.05, 0) is 56.7 Å². The second-order valence-corrected chi connectivity index (χ2v) is 7.45. The summed E-state index contributed by atoms with van der Waals surface area (Å²) in [7, 11) is 1.57. The number of halogens is 1. The van der Waals surface area contributed by atoms with Crippen LogP contribution < -0.4 is 10.1 Å². The van der Waals surface area contributed by atoms with Crippen LogP contribution in [0.15, 0.2) is 48.5 Å². The number of benzene rings is 2. The van der Waals surface area contributed by atoms with Crippen molar-refractivity contribution in [3.8, 4) is 11.4 Å². The Morgan fingerprint density at radius 2 is 1.87 bits per heavy atom. The Kier molecular flexibility index (Phi) is 5.18. The number of aryl methyl sites for hydroxylation is 2. The van der Waals surface area contributed by atoms with Gasteiger partial charge in [0.1, 0.15) is 5.75 Å². The normalized spacial score (nSPS) is 11.0. The van der Waals surface area contributed by atoms with E-state index >= 15 is 0 Å². The largest absolute Gasteiger partial charge is 0.495 e. The number of hydrogen-bond donors (Lipinski definition) is 1. The zero-order valence-corrected chi connectivity index (χ0v) is 17.9. The molecule has 2 aromatic carbocycles. The lowest BCUT2D eigenvalue weighted by molar-refractivity contribution is 0.102. The summed E-state index contributed by atoms with van der Waals surface area (Å²) >= 11 is 6.32. The molecular formula is C23H21ClN4O2. The molecule has 0 aliphatic carbocycles. The van der Waals surface area contributed by atoms with Crippen LogP contribution in [0.25, 0.3) is 16.7 Å². The topological polar surface area (TPSA) is 69.0 Å². The van der Waals surface area contributed by atoms with Crippen LogP contribution in [0.5, 0.6) is 5.75 Å². The second-order valence-electron chi connectivity index (χ2n) is 7.05. The monoisotopic (exact) mass is 420 g/mol. The van der Waals surface area contributed by atoms with E-state index in [1.165, 1.54) is 0 Å². The Morgan fingerprint density at radius 1 is 1.10 bits per heavy atom. The maximum Gasteiger partial charge on any atom is 0.256 e. The molecule has 1 amide bonds. The summed E-state index contributed by atoms with van der Waals surface area (Å²) in [6.07, 6.45) is 0. The van der Waals surface area contributed by atoms with Crippen LogP contribution in [0.3, 0.4) is 0 Å². The predicted molar refractivity (Wildman–Crippen MR) is 119 cm³/mol. The van der Waals surface area contributed by atoms with Crippen LogP contribution in [-0.4, -0.2) is 27.8 Å². The maximum absolute atomic E-state index is 13.2. The molecule has 0 radical (unpaired) electrons. The number of nitrogens with zero attached hydrogens (tertiary/aromatic N) is 3. The number of amides is 1. The van der Waals surface area contributed by atoms with Gasteiger partial charge in [-0.15, -0.1) is 0 Å². The first-order valence-electron chi connectivity index (χ1n) is 9.47. The van der Waals surface area contributed by atoms with E-state index in [0.717, 1.165) is 11.3 Å². The highest BCUT2D eigenvalue weighted by Crippen LogP contribution is 2.30. The molecule has 0 spiro atoms. The Bertz CT molecular complexity index is 1280. The van der Waals surface area contributed by atoms with Crippen molar-refractivity contribution in [2.75, 3.05) is 12.4 Å². The molecule has 4 aromatic rings. The fourth-order valence-corrected chi connectivity index (χ4v) is 3.69. The number of aromatic nitrogens is 3. The summed E-state index contributed by atoms with van der Waals surface area (Å²) in [5.74, 6) is 0.343. The maximum atomic E-state index is 13.2. The highest BCUT2D eigenvalue weighted by molar-refractivity contribution is 6.31. The molecule has 6 nitrogen and oxygen atoms in total. The molecule has 2 heterocycles. The number of para-hydroxylation sites is 2. The lowest BCUT2D eigenvalue weighted by Crippen LogP contribution is -2.14. The van der Waals surface area contributed by atoms with Crippen molar-refractivity contribution in [2.45, 2.75) is 20.8 Å². The van der Waals surface area contributed by atoms with E-state index in [0.29, 0.717) is 44.4 Å². The molecular weight excluding hydrogens is 400 g/mol. The van der Waals surface area contributed by atoms with Crippen molar-refractivity contribution in [1.82, 2.24) is 14.8 Å². The number of carbonyl (C=O) groups excluding carboxylic acids is 1. The standard InChI is InChI=1S/C23H21ClN4O2/c1-13-12-16(23(29)26-18-9-5-6-11-20(18)30-4)21-15(3)27-28(22(21)25-13)19-10-7-8-17(24)14(19)2/h5-12H,1-4H3,(H,26,29). The Hall–Kier alpha value is -3.38. The number of anilines is 1. The Labute approximate surface area is 179 Å². The van der Waals surface area contributed by atoms with Gasteiger partial charge in [-0.1, -0.05) is 29.8 Å². The minimum atomic E-state index is -0.250. The molecule has 0 aliphatic heterocycles. The number of ether oxygens (including phenoxy) is 1. The molecule has 30 heavy (non-hydrogen) atoms. The lowest BCUT2D eigenvalue weighted by Gasteiger charge is -2.12. The van der Waals surface area contributed by atoms with Crippen molar-refractivity contribution in [1.29, 1.82) is 0 Å². The predicted octanol–water partition coefficient (Wildman–Crippen LogP) is 5.26. The first-order chi connectivity index (χ1) is 14.4. The van der Waals surface area contributed by atoms with Gasteiger partial charge in [-0.25, -0.2) is 9.67 Å². The molecule has 1 N–H and O–H groups in total. The number of rotatable bonds is 4. The molecule has 0 unspecified atom stereocenters. The van der Waals surface area contributed by atoms with Gasteiger partial charge in [0, 0.05) is 10.7 Å². The van der Waals surface area contributed by atoms with Crippen molar-refractivity contribution < 1.29 is 9.53 Å². The van der Waals surface area contributed by atoms with Crippen LogP contribution in [-0.2, 0) is 0 Å². The van der Waals surface area contributed by atoms with E-state index in [1.54, 1.807) is 30.0 Å². The number of fused-ring (bicyclic) bond motifs is 1. The van der Waals surface area contributed by atoms with Crippen LogP contribution in [0, 0.1) is 20.8 Å². The quantitative estimate of drug-likeness (QED) is 0.489. The van der Waals surface area contributed by atoms with E-state index in [4.69, 9.17) is 16.3 Å². The van der Waals surface area contributed by atoms with E-state index in [-0.39, 0.29) is 5.91 Å². The van der Waals surface area contributed by atoms with Crippen molar-refractivity contribution in [3.05, 3.63) is 76.1 Å². The van der Waals surface area contributed by atoms with Gasteiger partial charge in [0.15, 0.2) is 5.65 Å². The van der Waals surface area contributed by atoms with Gasteiger partial charge >= 0.3 is 0 Å². The number of hydrogen-bond acceptors (Lipinski definition) is 4. The first kappa shape index (κ1) is 19.9. The first-order valence-corrected chi connectivity index (χ1v) is 9.85. The SMILES string of the molecule is COc1ccccc1NC(=O)c1cc(C)nc2c1c(C)nn2-c1cccc(Cl)c1C. The lowest BCUT2D eigenvalue weighted by atomic mass is 10.1. The minimum absolute atomic E-state index is 0.250. The summed E-state index contributed by atoms with van der Waals surface area (Å²) in [6.45, 7) is 5.66. The summed E-state index contributed by atoms with van der Waals surface area (Å²) in [4.78, 5) is 17.9. The third-order valence-electron chi connectivity index (χ3n) is 5.01. The zero-order chi connectivity index (χ0) is 21.4. The average molecular weight is 421 g/mol. The van der Waals surface area contributed by atoms with Crippen LogP contribution in [0.4, 0.5) is 5.69 Å². The Morgan fingerprint density at radius 3 is 2.63 bits per heavy atom. The molecule has 4 rings (SSSR count). The van der Waals surface area contributed by atoms with Gasteiger partial charge in [0.25, 0.3) is 5.91 Å². The highest BCUT2D eigenvalue weighted by atomic mass is 35.5. The molecule has 7 heteroatoms. The Balaban J connectivity index is 1.87.